The van der Waals surface area contributed by atoms with Crippen molar-refractivity contribution in [1.82, 2.24) is 25.1 Å². The summed E-state index contributed by atoms with van der Waals surface area (Å²) in [7, 11) is 0. The lowest BCUT2D eigenvalue weighted by atomic mass is 9.99. The zero-order chi connectivity index (χ0) is 10.3. The Hall–Kier alpha value is -1.21. The molecule has 1 atom stereocenters. The maximum absolute atomic E-state index is 5.64. The summed E-state index contributed by atoms with van der Waals surface area (Å²) in [6.45, 7) is 2.05. The zero-order valence-electron chi connectivity index (χ0n) is 8.18. The zero-order valence-corrected chi connectivity index (χ0v) is 9.00. The Labute approximate surface area is 90.5 Å². The van der Waals surface area contributed by atoms with E-state index in [0.717, 1.165) is 30.3 Å². The molecule has 0 radical (unpaired) electrons. The average molecular weight is 224 g/mol. The molecule has 3 N–H and O–H groups in total. The molecule has 1 saturated heterocycles. The van der Waals surface area contributed by atoms with Gasteiger partial charge in [0.05, 0.1) is 0 Å². The van der Waals surface area contributed by atoms with Crippen LogP contribution in [0.25, 0.3) is 4.96 Å². The predicted molar refractivity (Wildman–Crippen MR) is 57.9 cm³/mol. The molecule has 0 aromatic carbocycles. The van der Waals surface area contributed by atoms with Crippen molar-refractivity contribution in [3.63, 3.8) is 0 Å². The molecule has 0 amide bonds. The fourth-order valence-electron chi connectivity index (χ4n) is 1.97. The van der Waals surface area contributed by atoms with Gasteiger partial charge in [0, 0.05) is 12.5 Å². The highest BCUT2D eigenvalue weighted by molar-refractivity contribution is 7.20. The van der Waals surface area contributed by atoms with Crippen LogP contribution in [-0.4, -0.2) is 32.9 Å². The summed E-state index contributed by atoms with van der Waals surface area (Å²) in [4.78, 5) is 0.785. The second-order valence-corrected chi connectivity index (χ2v) is 4.72. The summed E-state index contributed by atoms with van der Waals surface area (Å²) in [6, 6.07) is 0. The smallest absolute Gasteiger partial charge is 0.236 e. The molecule has 6 nitrogen and oxygen atoms in total. The fourth-order valence-corrected chi connectivity index (χ4v) is 2.59. The Morgan fingerprint density at radius 3 is 3.20 bits per heavy atom. The summed E-state index contributed by atoms with van der Waals surface area (Å²) in [5, 5.41) is 16.4. The summed E-state index contributed by atoms with van der Waals surface area (Å²) in [5.74, 6) is 1.35. The third-order valence-corrected chi connectivity index (χ3v) is 3.42. The van der Waals surface area contributed by atoms with Crippen LogP contribution in [0.2, 0.25) is 0 Å². The van der Waals surface area contributed by atoms with Crippen molar-refractivity contribution in [2.75, 3.05) is 18.8 Å². The number of rotatable bonds is 1. The first-order chi connectivity index (χ1) is 7.34. The maximum Gasteiger partial charge on any atom is 0.236 e. The van der Waals surface area contributed by atoms with Gasteiger partial charge in [0.15, 0.2) is 5.82 Å². The van der Waals surface area contributed by atoms with E-state index in [-0.39, 0.29) is 0 Å². The van der Waals surface area contributed by atoms with Crippen LogP contribution < -0.4 is 11.1 Å². The number of fused-ring (bicyclic) bond motifs is 1. The van der Waals surface area contributed by atoms with Crippen molar-refractivity contribution in [3.05, 3.63) is 5.82 Å². The van der Waals surface area contributed by atoms with Crippen LogP contribution in [0.5, 0.6) is 0 Å². The number of nitrogens with two attached hydrogens (primary N) is 1. The van der Waals surface area contributed by atoms with Gasteiger partial charge in [0.1, 0.15) is 0 Å². The maximum atomic E-state index is 5.64. The van der Waals surface area contributed by atoms with E-state index >= 15 is 0 Å². The molecule has 0 aliphatic carbocycles. The highest BCUT2D eigenvalue weighted by Crippen LogP contribution is 2.24. The van der Waals surface area contributed by atoms with E-state index in [9.17, 15) is 0 Å². The Bertz CT molecular complexity index is 468. The van der Waals surface area contributed by atoms with Gasteiger partial charge in [-0.2, -0.15) is 4.52 Å². The molecular weight excluding hydrogens is 212 g/mol. The first-order valence-corrected chi connectivity index (χ1v) is 5.84. The van der Waals surface area contributed by atoms with Crippen LogP contribution in [0.15, 0.2) is 0 Å². The number of nitrogens with zero attached hydrogens (tertiary/aromatic N) is 4. The van der Waals surface area contributed by atoms with Crippen LogP contribution in [0, 0.1) is 0 Å². The molecule has 0 spiro atoms. The summed E-state index contributed by atoms with van der Waals surface area (Å²) in [5.41, 5.74) is 5.64. The van der Waals surface area contributed by atoms with Crippen LogP contribution in [-0.2, 0) is 0 Å². The predicted octanol–water partition coefficient (Wildman–Crippen LogP) is 0.235. The van der Waals surface area contributed by atoms with Gasteiger partial charge >= 0.3 is 0 Å². The standard InChI is InChI=1S/C8H12N6S/c9-7-13-14-6(11-12-8(14)15-7)5-2-1-3-10-4-5/h5,10H,1-4H2,(H2,9,13). The van der Waals surface area contributed by atoms with Crippen LogP contribution >= 0.6 is 11.3 Å². The minimum absolute atomic E-state index is 0.412. The minimum Gasteiger partial charge on any atom is -0.374 e. The van der Waals surface area contributed by atoms with E-state index in [4.69, 9.17) is 5.73 Å². The lowest BCUT2D eigenvalue weighted by Gasteiger charge is -2.20. The van der Waals surface area contributed by atoms with Gasteiger partial charge in [-0.05, 0) is 19.4 Å². The van der Waals surface area contributed by atoms with E-state index in [0.29, 0.717) is 11.0 Å². The molecule has 2 aromatic rings. The van der Waals surface area contributed by atoms with Gasteiger partial charge in [-0.25, -0.2) is 0 Å². The van der Waals surface area contributed by atoms with Gasteiger partial charge in [0.2, 0.25) is 10.1 Å². The minimum atomic E-state index is 0.412. The fraction of sp³-hybridized carbons (Fsp3) is 0.625. The highest BCUT2D eigenvalue weighted by Gasteiger charge is 2.22. The number of anilines is 1. The van der Waals surface area contributed by atoms with Gasteiger partial charge in [0.25, 0.3) is 0 Å². The molecule has 0 saturated carbocycles. The normalized spacial score (nSPS) is 22.3. The van der Waals surface area contributed by atoms with E-state index in [1.54, 1.807) is 4.52 Å². The molecule has 0 bridgehead atoms. The first kappa shape index (κ1) is 9.05. The molecule has 80 valence electrons. The third kappa shape index (κ3) is 1.47. The van der Waals surface area contributed by atoms with E-state index in [1.807, 2.05) is 0 Å². The van der Waals surface area contributed by atoms with Crippen molar-refractivity contribution in [3.8, 4) is 0 Å². The van der Waals surface area contributed by atoms with E-state index in [2.05, 4.69) is 20.6 Å². The molecule has 1 fully saturated rings. The molecular formula is C8H12N6S. The molecule has 15 heavy (non-hydrogen) atoms. The quantitative estimate of drug-likeness (QED) is 0.725. The summed E-state index contributed by atoms with van der Waals surface area (Å²) in [6.07, 6.45) is 2.32. The monoisotopic (exact) mass is 224 g/mol. The molecule has 1 unspecified atom stereocenters. The molecule has 3 rings (SSSR count). The van der Waals surface area contributed by atoms with Gasteiger partial charge in [-0.3, -0.25) is 0 Å². The van der Waals surface area contributed by atoms with Gasteiger partial charge < -0.3 is 11.1 Å². The van der Waals surface area contributed by atoms with Crippen LogP contribution in [0.1, 0.15) is 24.6 Å². The van der Waals surface area contributed by atoms with Crippen LogP contribution in [0.4, 0.5) is 5.13 Å². The van der Waals surface area contributed by atoms with Crippen molar-refractivity contribution in [1.29, 1.82) is 0 Å². The largest absolute Gasteiger partial charge is 0.374 e. The summed E-state index contributed by atoms with van der Waals surface area (Å²) >= 11 is 1.37. The number of piperidine rings is 1. The van der Waals surface area contributed by atoms with Crippen LogP contribution in [0.3, 0.4) is 0 Å². The van der Waals surface area contributed by atoms with Gasteiger partial charge in [-0.1, -0.05) is 11.3 Å². The van der Waals surface area contributed by atoms with E-state index < -0.39 is 0 Å². The highest BCUT2D eigenvalue weighted by atomic mass is 32.1. The number of hydrogen-bond acceptors (Lipinski definition) is 6. The molecule has 1 aliphatic rings. The van der Waals surface area contributed by atoms with Crippen molar-refractivity contribution < 1.29 is 0 Å². The second kappa shape index (κ2) is 3.42. The Balaban J connectivity index is 2.01. The summed E-state index contributed by atoms with van der Waals surface area (Å²) < 4.78 is 1.78. The molecule has 2 aromatic heterocycles. The Morgan fingerprint density at radius 1 is 1.47 bits per heavy atom. The van der Waals surface area contributed by atoms with E-state index in [1.165, 1.54) is 17.8 Å². The Morgan fingerprint density at radius 2 is 2.40 bits per heavy atom. The molecule has 1 aliphatic heterocycles. The topological polar surface area (TPSA) is 81.1 Å². The van der Waals surface area contributed by atoms with Crippen molar-refractivity contribution in [2.45, 2.75) is 18.8 Å². The van der Waals surface area contributed by atoms with Crippen molar-refractivity contribution >= 4 is 21.4 Å². The molecule has 7 heteroatoms. The number of aromatic nitrogens is 4. The lowest BCUT2D eigenvalue weighted by molar-refractivity contribution is 0.441. The SMILES string of the molecule is Nc1nn2c(C3CCCNC3)nnc2s1. The second-order valence-electron chi connectivity index (χ2n) is 3.74. The average Bonchev–Trinajstić information content (AvgIpc) is 2.77. The third-order valence-electron chi connectivity index (χ3n) is 2.69. The number of nitrogen functional groups attached to an aromatic ring is 1. The molecule has 3 heterocycles. The van der Waals surface area contributed by atoms with Crippen molar-refractivity contribution in [2.24, 2.45) is 0 Å². The lowest BCUT2D eigenvalue weighted by Crippen LogP contribution is -2.29. The first-order valence-electron chi connectivity index (χ1n) is 5.03. The number of nitrogens with one attached hydrogen (secondary N) is 1. The Kier molecular flexibility index (Phi) is 2.06. The number of hydrogen-bond donors (Lipinski definition) is 2. The van der Waals surface area contributed by atoms with Gasteiger partial charge in [-0.15, -0.1) is 15.3 Å².